The zero-order valence-electron chi connectivity index (χ0n) is 8.29. The van der Waals surface area contributed by atoms with Gasteiger partial charge in [0, 0.05) is 16.7 Å². The minimum absolute atomic E-state index is 0.0735. The van der Waals surface area contributed by atoms with Crippen LogP contribution in [-0.2, 0) is 10.0 Å². The highest BCUT2D eigenvalue weighted by Crippen LogP contribution is 2.22. The topological polar surface area (TPSA) is 111 Å². The number of halogens is 1. The number of hydrogen-bond acceptors (Lipinski definition) is 6. The molecule has 9 heteroatoms. The number of nitrogens with one attached hydrogen (secondary N) is 1. The summed E-state index contributed by atoms with van der Waals surface area (Å²) >= 11 is 3.12. The number of nitrogens with two attached hydrogens (primary N) is 1. The van der Waals surface area contributed by atoms with Gasteiger partial charge in [-0.05, 0) is 22.0 Å². The average Bonchev–Trinajstić information content (AvgIpc) is 2.73. The molecule has 0 unspecified atom stereocenters. The quantitative estimate of drug-likeness (QED) is 0.880. The summed E-state index contributed by atoms with van der Waals surface area (Å²) in [6, 6.07) is 2.73. The van der Waals surface area contributed by atoms with Crippen molar-refractivity contribution < 1.29 is 12.9 Å². The molecular weight excluding hydrogens is 312 g/mol. The number of nitrogen functional groups attached to an aromatic ring is 1. The molecule has 0 amide bonds. The lowest BCUT2D eigenvalue weighted by Gasteiger charge is -2.07. The first-order valence-electron chi connectivity index (χ1n) is 4.33. The standard InChI is InChI=1S/C8H7BrN4O3S/c9-5-3-6(8(10)11-4-5)17(14,15)13-7-1-2-16-12-7/h1-4H,(H2,10,11)(H,12,13). The molecule has 0 aliphatic carbocycles. The molecule has 2 heterocycles. The van der Waals surface area contributed by atoms with E-state index in [-0.39, 0.29) is 16.5 Å². The Labute approximate surface area is 105 Å². The summed E-state index contributed by atoms with van der Waals surface area (Å²) in [5.74, 6) is -0.0198. The molecule has 17 heavy (non-hydrogen) atoms. The van der Waals surface area contributed by atoms with Crippen molar-refractivity contribution >= 4 is 37.6 Å². The van der Waals surface area contributed by atoms with E-state index in [0.717, 1.165) is 0 Å². The molecule has 0 bridgehead atoms. The first-order valence-corrected chi connectivity index (χ1v) is 6.61. The van der Waals surface area contributed by atoms with E-state index in [1.54, 1.807) is 0 Å². The lowest BCUT2D eigenvalue weighted by molar-refractivity contribution is 0.423. The monoisotopic (exact) mass is 318 g/mol. The molecule has 3 N–H and O–H groups in total. The van der Waals surface area contributed by atoms with Gasteiger partial charge in [-0.1, -0.05) is 5.16 Å². The van der Waals surface area contributed by atoms with Gasteiger partial charge in [0.1, 0.15) is 17.0 Å². The first kappa shape index (κ1) is 11.9. The van der Waals surface area contributed by atoms with Crippen molar-refractivity contribution in [3.63, 3.8) is 0 Å². The minimum Gasteiger partial charge on any atom is -0.383 e. The molecule has 0 atom stereocenters. The van der Waals surface area contributed by atoms with Gasteiger partial charge in [-0.3, -0.25) is 4.72 Å². The van der Waals surface area contributed by atoms with E-state index in [2.05, 4.69) is 35.3 Å². The lowest BCUT2D eigenvalue weighted by Crippen LogP contribution is -2.15. The second-order valence-corrected chi connectivity index (χ2v) is 5.59. The molecular formula is C8H7BrN4O3S. The summed E-state index contributed by atoms with van der Waals surface area (Å²) in [6.07, 6.45) is 2.66. The Bertz CT molecular complexity index is 626. The Morgan fingerprint density at radius 1 is 1.47 bits per heavy atom. The van der Waals surface area contributed by atoms with Crippen LogP contribution in [0.25, 0.3) is 0 Å². The zero-order valence-corrected chi connectivity index (χ0v) is 10.7. The van der Waals surface area contributed by atoms with Gasteiger partial charge in [0.2, 0.25) is 0 Å². The Hall–Kier alpha value is -1.61. The number of hydrogen-bond donors (Lipinski definition) is 2. The van der Waals surface area contributed by atoms with Crippen molar-refractivity contribution in [2.24, 2.45) is 0 Å². The maximum atomic E-state index is 11.9. The highest BCUT2D eigenvalue weighted by molar-refractivity contribution is 9.10. The third kappa shape index (κ3) is 2.56. The lowest BCUT2D eigenvalue weighted by atomic mass is 10.5. The molecule has 7 nitrogen and oxygen atoms in total. The third-order valence-corrected chi connectivity index (χ3v) is 3.63. The Kier molecular flexibility index (Phi) is 3.03. The van der Waals surface area contributed by atoms with Crippen LogP contribution in [0.4, 0.5) is 11.6 Å². The van der Waals surface area contributed by atoms with E-state index in [9.17, 15) is 8.42 Å². The minimum atomic E-state index is -3.83. The largest absolute Gasteiger partial charge is 0.383 e. The van der Waals surface area contributed by atoms with Crippen LogP contribution >= 0.6 is 15.9 Å². The van der Waals surface area contributed by atoms with Gasteiger partial charge in [-0.15, -0.1) is 0 Å². The van der Waals surface area contributed by atoms with Crippen LogP contribution in [0.15, 0.2) is 38.5 Å². The van der Waals surface area contributed by atoms with Crippen molar-refractivity contribution in [3.05, 3.63) is 29.1 Å². The zero-order chi connectivity index (χ0) is 12.5. The second kappa shape index (κ2) is 4.34. The van der Waals surface area contributed by atoms with E-state index in [1.165, 1.54) is 24.6 Å². The van der Waals surface area contributed by atoms with E-state index in [4.69, 9.17) is 5.73 Å². The molecule has 0 aliphatic heterocycles. The fourth-order valence-corrected chi connectivity index (χ4v) is 2.69. The van der Waals surface area contributed by atoms with Crippen LogP contribution < -0.4 is 10.5 Å². The molecule has 0 spiro atoms. The fraction of sp³-hybridized carbons (Fsp3) is 0. The Morgan fingerprint density at radius 3 is 2.88 bits per heavy atom. The number of nitrogens with zero attached hydrogens (tertiary/aromatic N) is 2. The van der Waals surface area contributed by atoms with Crippen molar-refractivity contribution in [1.82, 2.24) is 10.1 Å². The van der Waals surface area contributed by atoms with Gasteiger partial charge in [0.25, 0.3) is 10.0 Å². The van der Waals surface area contributed by atoms with Crippen LogP contribution in [0, 0.1) is 0 Å². The van der Waals surface area contributed by atoms with Gasteiger partial charge in [-0.25, -0.2) is 13.4 Å². The smallest absolute Gasteiger partial charge is 0.266 e. The first-order chi connectivity index (χ1) is 7.99. The molecule has 2 rings (SSSR count). The molecule has 0 saturated carbocycles. The predicted octanol–water partition coefficient (Wildman–Crippen LogP) is 1.22. The summed E-state index contributed by atoms with van der Waals surface area (Å²) in [5, 5.41) is 3.44. The summed E-state index contributed by atoms with van der Waals surface area (Å²) < 4.78 is 31.1. The highest BCUT2D eigenvalue weighted by Gasteiger charge is 2.20. The van der Waals surface area contributed by atoms with Gasteiger partial charge in [0.05, 0.1) is 0 Å². The van der Waals surface area contributed by atoms with E-state index < -0.39 is 10.0 Å². The van der Waals surface area contributed by atoms with Crippen LogP contribution in [0.2, 0.25) is 0 Å². The van der Waals surface area contributed by atoms with Crippen molar-refractivity contribution in [1.29, 1.82) is 0 Å². The predicted molar refractivity (Wildman–Crippen MR) is 63.7 cm³/mol. The van der Waals surface area contributed by atoms with Crippen LogP contribution in [0.3, 0.4) is 0 Å². The maximum Gasteiger partial charge on any atom is 0.266 e. The Morgan fingerprint density at radius 2 is 2.24 bits per heavy atom. The number of rotatable bonds is 3. The Balaban J connectivity index is 2.41. The fourth-order valence-electron chi connectivity index (χ4n) is 1.10. The summed E-state index contributed by atoms with van der Waals surface area (Å²) in [4.78, 5) is 3.61. The van der Waals surface area contributed by atoms with Crippen molar-refractivity contribution in [2.75, 3.05) is 10.5 Å². The summed E-state index contributed by atoms with van der Waals surface area (Å²) in [5.41, 5.74) is 5.51. The van der Waals surface area contributed by atoms with E-state index in [1.807, 2.05) is 0 Å². The second-order valence-electron chi connectivity index (χ2n) is 3.03. The van der Waals surface area contributed by atoms with Crippen LogP contribution in [0.1, 0.15) is 0 Å². The summed E-state index contributed by atoms with van der Waals surface area (Å²) in [6.45, 7) is 0. The average molecular weight is 319 g/mol. The number of sulfonamides is 1. The van der Waals surface area contributed by atoms with Gasteiger partial charge in [0.15, 0.2) is 5.82 Å². The SMILES string of the molecule is Nc1ncc(Br)cc1S(=O)(=O)Nc1ccon1. The molecule has 0 fully saturated rings. The van der Waals surface area contributed by atoms with Gasteiger partial charge >= 0.3 is 0 Å². The highest BCUT2D eigenvalue weighted by atomic mass is 79.9. The van der Waals surface area contributed by atoms with Crippen molar-refractivity contribution in [2.45, 2.75) is 4.90 Å². The molecule has 90 valence electrons. The molecule has 0 aliphatic rings. The number of pyridine rings is 1. The normalized spacial score (nSPS) is 11.4. The van der Waals surface area contributed by atoms with Crippen molar-refractivity contribution in [3.8, 4) is 0 Å². The van der Waals surface area contributed by atoms with Gasteiger partial charge < -0.3 is 10.3 Å². The molecule has 2 aromatic heterocycles. The van der Waals surface area contributed by atoms with Gasteiger partial charge in [-0.2, -0.15) is 0 Å². The molecule has 2 aromatic rings. The summed E-state index contributed by atoms with van der Waals surface area (Å²) in [7, 11) is -3.83. The maximum absolute atomic E-state index is 11.9. The van der Waals surface area contributed by atoms with Crippen LogP contribution in [-0.4, -0.2) is 18.6 Å². The van der Waals surface area contributed by atoms with E-state index in [0.29, 0.717) is 4.47 Å². The third-order valence-electron chi connectivity index (χ3n) is 1.81. The molecule has 0 saturated heterocycles. The number of anilines is 2. The van der Waals surface area contributed by atoms with E-state index >= 15 is 0 Å². The number of aromatic nitrogens is 2. The molecule has 0 aromatic carbocycles. The molecule has 0 radical (unpaired) electrons. The van der Waals surface area contributed by atoms with Crippen LogP contribution in [0.5, 0.6) is 0 Å².